The van der Waals surface area contributed by atoms with E-state index < -0.39 is 5.60 Å². The number of halogens is 2. The van der Waals surface area contributed by atoms with Crippen molar-refractivity contribution in [1.29, 1.82) is 0 Å². The van der Waals surface area contributed by atoms with Gasteiger partial charge in [0.1, 0.15) is 5.82 Å². The Balaban J connectivity index is 0.00000261. The van der Waals surface area contributed by atoms with Crippen molar-refractivity contribution in [2.75, 3.05) is 31.1 Å². The van der Waals surface area contributed by atoms with Gasteiger partial charge in [0, 0.05) is 31.9 Å². The number of pyridine rings is 1. The second-order valence-electron chi connectivity index (χ2n) is 7.36. The molecule has 3 N–H and O–H groups in total. The Kier molecular flexibility index (Phi) is 8.88. The Morgan fingerprint density at radius 3 is 2.89 bits per heavy atom. The lowest BCUT2D eigenvalue weighted by atomic mass is 9.85. The van der Waals surface area contributed by atoms with Gasteiger partial charge in [-0.25, -0.2) is 4.98 Å². The average molecular weight is 508 g/mol. The van der Waals surface area contributed by atoms with E-state index in [0.717, 1.165) is 63.5 Å². The van der Waals surface area contributed by atoms with Crippen LogP contribution in [0.5, 0.6) is 0 Å². The van der Waals surface area contributed by atoms with E-state index in [2.05, 4.69) is 32.4 Å². The summed E-state index contributed by atoms with van der Waals surface area (Å²) in [6.07, 6.45) is 7.89. The zero-order chi connectivity index (χ0) is 18.4. The van der Waals surface area contributed by atoms with Crippen LogP contribution in [0.2, 0.25) is 5.02 Å². The Morgan fingerprint density at radius 2 is 2.19 bits per heavy atom. The fraction of sp³-hybridized carbons (Fsp3) is 0.684. The Bertz CT molecular complexity index is 624. The quantitative estimate of drug-likeness (QED) is 0.324. The molecule has 1 atom stereocenters. The van der Waals surface area contributed by atoms with Gasteiger partial charge in [-0.2, -0.15) is 0 Å². The fourth-order valence-corrected chi connectivity index (χ4v) is 4.03. The van der Waals surface area contributed by atoms with Crippen LogP contribution in [0.15, 0.2) is 23.3 Å². The lowest BCUT2D eigenvalue weighted by Crippen LogP contribution is -2.46. The van der Waals surface area contributed by atoms with Crippen molar-refractivity contribution in [3.63, 3.8) is 0 Å². The van der Waals surface area contributed by atoms with Crippen LogP contribution in [0.4, 0.5) is 5.82 Å². The van der Waals surface area contributed by atoms with Gasteiger partial charge in [0.15, 0.2) is 5.96 Å². The number of guanidine groups is 1. The first-order valence-electron chi connectivity index (χ1n) is 9.72. The van der Waals surface area contributed by atoms with Gasteiger partial charge in [0.05, 0.1) is 17.2 Å². The van der Waals surface area contributed by atoms with Crippen LogP contribution in [0.25, 0.3) is 0 Å². The fourth-order valence-electron chi connectivity index (χ4n) is 3.79. The molecule has 6 nitrogen and oxygen atoms in total. The molecule has 152 valence electrons. The standard InChI is InChI=1S/C19H30ClN5O.HI/c1-2-21-18(23-14-19(26)9-4-3-5-10-19)24-15-8-12-25(13-15)17-16(20)7-6-11-22-17;/h6-7,11,15,26H,2-5,8-10,12-14H2,1H3,(H2,21,23,24);1H. The van der Waals surface area contributed by atoms with E-state index in [0.29, 0.717) is 11.6 Å². The van der Waals surface area contributed by atoms with E-state index in [1.54, 1.807) is 6.20 Å². The lowest BCUT2D eigenvalue weighted by Gasteiger charge is -2.30. The van der Waals surface area contributed by atoms with Crippen molar-refractivity contribution in [2.45, 2.75) is 57.1 Å². The monoisotopic (exact) mass is 507 g/mol. The zero-order valence-corrected chi connectivity index (χ0v) is 19.0. The molecular formula is C19H31ClIN5O. The molecule has 1 aromatic heterocycles. The summed E-state index contributed by atoms with van der Waals surface area (Å²) in [4.78, 5) is 11.3. The van der Waals surface area contributed by atoms with Gasteiger partial charge in [-0.15, -0.1) is 24.0 Å². The summed E-state index contributed by atoms with van der Waals surface area (Å²) >= 11 is 6.27. The van der Waals surface area contributed by atoms with Gasteiger partial charge in [0.2, 0.25) is 0 Å². The van der Waals surface area contributed by atoms with Crippen molar-refractivity contribution >= 4 is 47.4 Å². The van der Waals surface area contributed by atoms with Gasteiger partial charge in [-0.1, -0.05) is 30.9 Å². The highest BCUT2D eigenvalue weighted by molar-refractivity contribution is 14.0. The van der Waals surface area contributed by atoms with E-state index in [1.165, 1.54) is 6.42 Å². The van der Waals surface area contributed by atoms with Gasteiger partial charge in [0.25, 0.3) is 0 Å². The largest absolute Gasteiger partial charge is 0.388 e. The maximum absolute atomic E-state index is 10.7. The Labute approximate surface area is 184 Å². The van der Waals surface area contributed by atoms with Crippen molar-refractivity contribution in [3.8, 4) is 0 Å². The molecule has 0 aromatic carbocycles. The number of aliphatic imine (C=N–C) groups is 1. The maximum atomic E-state index is 10.7. The summed E-state index contributed by atoms with van der Waals surface area (Å²) in [7, 11) is 0. The van der Waals surface area contributed by atoms with E-state index >= 15 is 0 Å². The average Bonchev–Trinajstić information content (AvgIpc) is 3.09. The molecule has 0 spiro atoms. The van der Waals surface area contributed by atoms with Crippen molar-refractivity contribution in [2.24, 2.45) is 4.99 Å². The summed E-state index contributed by atoms with van der Waals surface area (Å²) < 4.78 is 0. The number of nitrogens with one attached hydrogen (secondary N) is 2. The highest BCUT2D eigenvalue weighted by Crippen LogP contribution is 2.28. The second kappa shape index (κ2) is 10.7. The number of nitrogens with zero attached hydrogens (tertiary/aromatic N) is 3. The van der Waals surface area contributed by atoms with E-state index in [9.17, 15) is 5.11 Å². The number of aromatic nitrogens is 1. The summed E-state index contributed by atoms with van der Waals surface area (Å²) in [5.41, 5.74) is -0.635. The van der Waals surface area contributed by atoms with Crippen LogP contribution in [0.1, 0.15) is 45.4 Å². The third-order valence-electron chi connectivity index (χ3n) is 5.23. The SMILES string of the molecule is CCNC(=NCC1(O)CCCCC1)NC1CCN(c2ncccc2Cl)C1.I. The maximum Gasteiger partial charge on any atom is 0.191 e. The number of rotatable bonds is 5. The normalized spacial score (nSPS) is 22.3. The minimum Gasteiger partial charge on any atom is -0.388 e. The van der Waals surface area contributed by atoms with Gasteiger partial charge in [-0.3, -0.25) is 4.99 Å². The van der Waals surface area contributed by atoms with Crippen molar-refractivity contribution < 1.29 is 5.11 Å². The molecule has 2 heterocycles. The molecule has 2 fully saturated rings. The molecule has 1 saturated carbocycles. The molecule has 0 radical (unpaired) electrons. The van der Waals surface area contributed by atoms with Crippen LogP contribution in [0, 0.1) is 0 Å². The van der Waals surface area contributed by atoms with Crippen LogP contribution in [0.3, 0.4) is 0 Å². The van der Waals surface area contributed by atoms with Gasteiger partial charge in [-0.05, 0) is 38.3 Å². The van der Waals surface area contributed by atoms with Crippen LogP contribution in [-0.2, 0) is 0 Å². The summed E-state index contributed by atoms with van der Waals surface area (Å²) in [5, 5.41) is 18.2. The predicted molar refractivity (Wildman–Crippen MR) is 122 cm³/mol. The molecule has 1 aromatic rings. The number of aliphatic hydroxyl groups is 1. The van der Waals surface area contributed by atoms with Crippen LogP contribution < -0.4 is 15.5 Å². The molecule has 1 unspecified atom stereocenters. The highest BCUT2D eigenvalue weighted by Gasteiger charge is 2.29. The lowest BCUT2D eigenvalue weighted by molar-refractivity contribution is 0.0131. The number of hydrogen-bond acceptors (Lipinski definition) is 4. The van der Waals surface area contributed by atoms with Gasteiger partial charge >= 0.3 is 0 Å². The molecule has 8 heteroatoms. The predicted octanol–water partition coefficient (Wildman–Crippen LogP) is 3.18. The minimum atomic E-state index is -0.635. The third kappa shape index (κ3) is 6.35. The molecular weight excluding hydrogens is 477 g/mol. The Hall–Kier alpha value is -0.800. The molecule has 27 heavy (non-hydrogen) atoms. The molecule has 1 saturated heterocycles. The van der Waals surface area contributed by atoms with E-state index in [4.69, 9.17) is 11.6 Å². The smallest absolute Gasteiger partial charge is 0.191 e. The van der Waals surface area contributed by atoms with Crippen molar-refractivity contribution in [1.82, 2.24) is 15.6 Å². The molecule has 1 aliphatic heterocycles. The first-order chi connectivity index (χ1) is 12.6. The van der Waals surface area contributed by atoms with Gasteiger partial charge < -0.3 is 20.6 Å². The van der Waals surface area contributed by atoms with Crippen molar-refractivity contribution in [3.05, 3.63) is 23.4 Å². The molecule has 0 bridgehead atoms. The summed E-state index contributed by atoms with van der Waals surface area (Å²) in [6, 6.07) is 4.01. The first kappa shape index (κ1) is 22.5. The molecule has 2 aliphatic rings. The number of hydrogen-bond donors (Lipinski definition) is 3. The summed E-state index contributed by atoms with van der Waals surface area (Å²) in [5.74, 6) is 1.63. The molecule has 3 rings (SSSR count). The summed E-state index contributed by atoms with van der Waals surface area (Å²) in [6.45, 7) is 5.07. The minimum absolute atomic E-state index is 0. The third-order valence-corrected chi connectivity index (χ3v) is 5.52. The highest BCUT2D eigenvalue weighted by atomic mass is 127. The molecule has 1 aliphatic carbocycles. The molecule has 0 amide bonds. The second-order valence-corrected chi connectivity index (χ2v) is 7.77. The number of anilines is 1. The topological polar surface area (TPSA) is 72.8 Å². The Morgan fingerprint density at radius 1 is 1.41 bits per heavy atom. The van der Waals surface area contributed by atoms with E-state index in [1.807, 2.05) is 12.1 Å². The van der Waals surface area contributed by atoms with E-state index in [-0.39, 0.29) is 30.0 Å². The zero-order valence-electron chi connectivity index (χ0n) is 16.0. The first-order valence-corrected chi connectivity index (χ1v) is 10.1. The van der Waals surface area contributed by atoms with Crippen LogP contribution >= 0.6 is 35.6 Å². The van der Waals surface area contributed by atoms with Crippen LogP contribution in [-0.4, -0.2) is 53.9 Å².